The van der Waals surface area contributed by atoms with Crippen molar-refractivity contribution in [1.82, 2.24) is 9.47 Å². The van der Waals surface area contributed by atoms with Crippen molar-refractivity contribution in [2.75, 3.05) is 25.0 Å². The van der Waals surface area contributed by atoms with Crippen LogP contribution in [-0.4, -0.2) is 41.2 Å². The number of halogens is 3. The van der Waals surface area contributed by atoms with Crippen molar-refractivity contribution in [2.24, 2.45) is 5.92 Å². The Balaban J connectivity index is 1.76. The zero-order chi connectivity index (χ0) is 21.2. The van der Waals surface area contributed by atoms with Gasteiger partial charge in [0.05, 0.1) is 30.8 Å². The number of carbonyl (C=O) groups is 1. The maximum Gasteiger partial charge on any atom is 0.393 e. The molecule has 2 aromatic rings. The van der Waals surface area contributed by atoms with Crippen LogP contribution in [0.2, 0.25) is 0 Å². The van der Waals surface area contributed by atoms with Crippen molar-refractivity contribution in [3.8, 4) is 6.07 Å². The van der Waals surface area contributed by atoms with Crippen LogP contribution in [-0.2, 0) is 11.3 Å². The molecule has 0 bridgehead atoms. The molecule has 0 aliphatic carbocycles. The highest BCUT2D eigenvalue weighted by molar-refractivity contribution is 5.93. The lowest BCUT2D eigenvalue weighted by atomic mass is 9.97. The van der Waals surface area contributed by atoms with Gasteiger partial charge in [-0.05, 0) is 50.9 Å². The summed E-state index contributed by atoms with van der Waals surface area (Å²) in [6.07, 6.45) is -2.23. The molecule has 1 amide bonds. The molecule has 2 aromatic heterocycles. The summed E-state index contributed by atoms with van der Waals surface area (Å²) < 4.78 is 46.2. The maximum atomic E-state index is 13.0. The molecule has 9 heteroatoms. The van der Waals surface area contributed by atoms with E-state index in [0.29, 0.717) is 36.7 Å². The number of nitrogens with one attached hydrogen (secondary N) is 1. The summed E-state index contributed by atoms with van der Waals surface area (Å²) in [7, 11) is 0. The van der Waals surface area contributed by atoms with Gasteiger partial charge in [0.25, 0.3) is 0 Å². The molecule has 29 heavy (non-hydrogen) atoms. The van der Waals surface area contributed by atoms with Crippen molar-refractivity contribution in [3.05, 3.63) is 41.0 Å². The third-order valence-corrected chi connectivity index (χ3v) is 5.43. The SMILES string of the molecule is Cc1c(C#N)c(NC(=O)CN2CCCC(C(F)(F)F)C2)n(Cc2ccco2)c1C. The van der Waals surface area contributed by atoms with Crippen LogP contribution >= 0.6 is 0 Å². The number of nitriles is 1. The Hall–Kier alpha value is -2.73. The van der Waals surface area contributed by atoms with E-state index in [1.807, 2.05) is 6.92 Å². The number of carbonyl (C=O) groups excluding carboxylic acids is 1. The highest BCUT2D eigenvalue weighted by Crippen LogP contribution is 2.33. The number of alkyl halides is 3. The van der Waals surface area contributed by atoms with Gasteiger partial charge in [-0.15, -0.1) is 0 Å². The molecular weight excluding hydrogens is 385 g/mol. The fourth-order valence-electron chi connectivity index (χ4n) is 3.73. The molecule has 3 heterocycles. The fraction of sp³-hybridized carbons (Fsp3) is 0.500. The first-order valence-electron chi connectivity index (χ1n) is 9.41. The summed E-state index contributed by atoms with van der Waals surface area (Å²) in [5, 5.41) is 12.3. The lowest BCUT2D eigenvalue weighted by Crippen LogP contribution is -2.44. The fourth-order valence-corrected chi connectivity index (χ4v) is 3.73. The monoisotopic (exact) mass is 408 g/mol. The summed E-state index contributed by atoms with van der Waals surface area (Å²) in [4.78, 5) is 14.1. The minimum absolute atomic E-state index is 0.0879. The van der Waals surface area contributed by atoms with Gasteiger partial charge in [0.1, 0.15) is 17.6 Å². The second-order valence-electron chi connectivity index (χ2n) is 7.38. The number of hydrogen-bond acceptors (Lipinski definition) is 4. The van der Waals surface area contributed by atoms with E-state index in [2.05, 4.69) is 11.4 Å². The van der Waals surface area contributed by atoms with E-state index in [-0.39, 0.29) is 19.5 Å². The Kier molecular flexibility index (Phi) is 6.03. The number of nitrogens with zero attached hydrogens (tertiary/aromatic N) is 3. The maximum absolute atomic E-state index is 13.0. The number of likely N-dealkylation sites (tertiary alicyclic amines) is 1. The van der Waals surface area contributed by atoms with Crippen LogP contribution in [0.3, 0.4) is 0 Å². The number of hydrogen-bond donors (Lipinski definition) is 1. The first-order chi connectivity index (χ1) is 13.7. The van der Waals surface area contributed by atoms with Gasteiger partial charge in [0, 0.05) is 12.2 Å². The van der Waals surface area contributed by atoms with Gasteiger partial charge in [-0.25, -0.2) is 0 Å². The summed E-state index contributed by atoms with van der Waals surface area (Å²) in [5.74, 6) is -0.853. The van der Waals surface area contributed by atoms with Gasteiger partial charge in [0.15, 0.2) is 0 Å². The molecular formula is C20H23F3N4O2. The number of aromatic nitrogens is 1. The molecule has 1 atom stereocenters. The van der Waals surface area contributed by atoms with Crippen LogP contribution < -0.4 is 5.32 Å². The van der Waals surface area contributed by atoms with Crippen molar-refractivity contribution in [2.45, 2.75) is 39.4 Å². The van der Waals surface area contributed by atoms with Crippen LogP contribution in [0.1, 0.15) is 35.4 Å². The van der Waals surface area contributed by atoms with Crippen LogP contribution in [0.15, 0.2) is 22.8 Å². The lowest BCUT2D eigenvalue weighted by Gasteiger charge is -2.33. The largest absolute Gasteiger partial charge is 0.467 e. The first kappa shape index (κ1) is 21.0. The third-order valence-electron chi connectivity index (χ3n) is 5.43. The molecule has 156 valence electrons. The van der Waals surface area contributed by atoms with E-state index in [1.165, 1.54) is 11.2 Å². The Bertz CT molecular complexity index is 910. The number of piperidine rings is 1. The summed E-state index contributed by atoms with van der Waals surface area (Å²) in [5.41, 5.74) is 1.89. The normalized spacial score (nSPS) is 17.9. The molecule has 1 unspecified atom stereocenters. The van der Waals surface area contributed by atoms with E-state index in [9.17, 15) is 23.2 Å². The molecule has 3 rings (SSSR count). The van der Waals surface area contributed by atoms with Gasteiger partial charge >= 0.3 is 6.18 Å². The van der Waals surface area contributed by atoms with Gasteiger partial charge in [0.2, 0.25) is 5.91 Å². The molecule has 0 aromatic carbocycles. The zero-order valence-corrected chi connectivity index (χ0v) is 16.3. The summed E-state index contributed by atoms with van der Waals surface area (Å²) in [6, 6.07) is 5.65. The molecule has 6 nitrogen and oxygen atoms in total. The molecule has 1 saturated heterocycles. The van der Waals surface area contributed by atoms with E-state index >= 15 is 0 Å². The van der Waals surface area contributed by atoms with Gasteiger partial charge < -0.3 is 14.3 Å². The standard InChI is InChI=1S/C20H23F3N4O2/c1-13-14(2)27(11-16-6-4-8-29-16)19(17(13)9-24)25-18(28)12-26-7-3-5-15(10-26)20(21,22)23/h4,6,8,15H,3,5,7,10-12H2,1-2H3,(H,25,28). The highest BCUT2D eigenvalue weighted by Gasteiger charge is 2.42. The third kappa shape index (κ3) is 4.65. The molecule has 1 aliphatic heterocycles. The van der Waals surface area contributed by atoms with Crippen LogP contribution in [0.4, 0.5) is 19.0 Å². The molecule has 1 N–H and O–H groups in total. The second-order valence-corrected chi connectivity index (χ2v) is 7.38. The Morgan fingerprint density at radius 1 is 1.41 bits per heavy atom. The molecule has 0 saturated carbocycles. The van der Waals surface area contributed by atoms with E-state index < -0.39 is 18.0 Å². The lowest BCUT2D eigenvalue weighted by molar-refractivity contribution is -0.186. The van der Waals surface area contributed by atoms with E-state index in [4.69, 9.17) is 4.42 Å². The predicted octanol–water partition coefficient (Wildman–Crippen LogP) is 3.83. The minimum atomic E-state index is -4.25. The van der Waals surface area contributed by atoms with Crippen molar-refractivity contribution in [3.63, 3.8) is 0 Å². The molecule has 0 radical (unpaired) electrons. The van der Waals surface area contributed by atoms with Crippen molar-refractivity contribution in [1.29, 1.82) is 5.26 Å². The average molecular weight is 408 g/mol. The Morgan fingerprint density at radius 2 is 2.17 bits per heavy atom. The number of amides is 1. The predicted molar refractivity (Wildman–Crippen MR) is 100 cm³/mol. The second kappa shape index (κ2) is 8.33. The average Bonchev–Trinajstić information content (AvgIpc) is 3.24. The number of furan rings is 1. The van der Waals surface area contributed by atoms with E-state index in [1.54, 1.807) is 23.6 Å². The van der Waals surface area contributed by atoms with Crippen LogP contribution in [0.5, 0.6) is 0 Å². The number of rotatable bonds is 5. The first-order valence-corrected chi connectivity index (χ1v) is 9.41. The zero-order valence-electron chi connectivity index (χ0n) is 16.3. The topological polar surface area (TPSA) is 74.2 Å². The minimum Gasteiger partial charge on any atom is -0.467 e. The van der Waals surface area contributed by atoms with Gasteiger partial charge in [-0.2, -0.15) is 18.4 Å². The van der Waals surface area contributed by atoms with Crippen molar-refractivity contribution >= 4 is 11.7 Å². The quantitative estimate of drug-likeness (QED) is 0.816. The van der Waals surface area contributed by atoms with Gasteiger partial charge in [-0.3, -0.25) is 9.69 Å². The van der Waals surface area contributed by atoms with E-state index in [0.717, 1.165) is 11.3 Å². The molecule has 1 fully saturated rings. The Labute approximate surface area is 166 Å². The summed E-state index contributed by atoms with van der Waals surface area (Å²) >= 11 is 0. The highest BCUT2D eigenvalue weighted by atomic mass is 19.4. The van der Waals surface area contributed by atoms with Crippen molar-refractivity contribution < 1.29 is 22.4 Å². The molecule has 0 spiro atoms. The molecule has 1 aliphatic rings. The van der Waals surface area contributed by atoms with Crippen LogP contribution in [0, 0.1) is 31.1 Å². The van der Waals surface area contributed by atoms with Crippen LogP contribution in [0.25, 0.3) is 0 Å². The summed E-state index contributed by atoms with van der Waals surface area (Å²) in [6.45, 7) is 4.07. The number of anilines is 1. The Morgan fingerprint density at radius 3 is 2.79 bits per heavy atom. The van der Waals surface area contributed by atoms with Gasteiger partial charge in [-0.1, -0.05) is 0 Å². The smallest absolute Gasteiger partial charge is 0.393 e.